The molecule has 3 aromatic carbocycles. The lowest BCUT2D eigenvalue weighted by molar-refractivity contribution is -0.121. The number of rotatable bonds is 11. The van der Waals surface area contributed by atoms with Crippen LogP contribution in [0.25, 0.3) is 0 Å². The van der Waals surface area contributed by atoms with E-state index in [4.69, 9.17) is 14.2 Å². The van der Waals surface area contributed by atoms with E-state index in [1.165, 1.54) is 11.3 Å². The molecule has 3 heterocycles. The molecule has 3 aromatic rings. The number of nitrogens with one attached hydrogen (secondary N) is 1. The van der Waals surface area contributed by atoms with Crippen LogP contribution in [0, 0.1) is 0 Å². The maximum atomic E-state index is 13.0. The number of hydrogen-bond acceptors (Lipinski definition) is 7. The lowest BCUT2D eigenvalue weighted by Crippen LogP contribution is -2.41. The Morgan fingerprint density at radius 1 is 1.07 bits per heavy atom. The van der Waals surface area contributed by atoms with E-state index in [-0.39, 0.29) is 36.5 Å². The molecule has 0 spiro atoms. The molecule has 0 bridgehead atoms. The SMILES string of the molecule is COCCCN1C(=O)COc2ccc(CO[C@H]3CNCC[C@@H]3c3ccc(N4CC[C@@H](N(C)C(=O)c5ccccc5)C4)cc3)cc21. The van der Waals surface area contributed by atoms with Crippen LogP contribution in [0.5, 0.6) is 5.75 Å². The molecule has 2 amide bonds. The topological polar surface area (TPSA) is 83.6 Å². The number of fused-ring (bicyclic) bond motifs is 1. The van der Waals surface area contributed by atoms with Gasteiger partial charge in [-0.2, -0.15) is 0 Å². The summed E-state index contributed by atoms with van der Waals surface area (Å²) in [5.74, 6) is 1.06. The van der Waals surface area contributed by atoms with Gasteiger partial charge in [0.1, 0.15) is 5.75 Å². The summed E-state index contributed by atoms with van der Waals surface area (Å²) in [6.45, 7) is 5.22. The molecular weight excluding hydrogens is 568 g/mol. The van der Waals surface area contributed by atoms with E-state index < -0.39 is 0 Å². The first-order valence-corrected chi connectivity index (χ1v) is 16.1. The summed E-state index contributed by atoms with van der Waals surface area (Å²) in [6, 6.07) is 24.6. The molecule has 238 valence electrons. The van der Waals surface area contributed by atoms with E-state index in [1.54, 1.807) is 12.0 Å². The molecular formula is C36H44N4O5. The molecule has 0 saturated carbocycles. The highest BCUT2D eigenvalue weighted by atomic mass is 16.5. The highest BCUT2D eigenvalue weighted by Crippen LogP contribution is 2.35. The number of piperidine rings is 1. The first-order chi connectivity index (χ1) is 22.0. The van der Waals surface area contributed by atoms with Crippen LogP contribution in [0.4, 0.5) is 11.4 Å². The third-order valence-electron chi connectivity index (χ3n) is 9.33. The Balaban J connectivity index is 1.07. The number of benzene rings is 3. The van der Waals surface area contributed by atoms with Gasteiger partial charge in [-0.25, -0.2) is 0 Å². The Morgan fingerprint density at radius 2 is 1.89 bits per heavy atom. The summed E-state index contributed by atoms with van der Waals surface area (Å²) >= 11 is 0. The van der Waals surface area contributed by atoms with Crippen LogP contribution in [-0.2, 0) is 20.9 Å². The Morgan fingerprint density at radius 3 is 2.69 bits per heavy atom. The van der Waals surface area contributed by atoms with Crippen LogP contribution in [0.15, 0.2) is 72.8 Å². The average molecular weight is 613 g/mol. The van der Waals surface area contributed by atoms with Crippen molar-refractivity contribution in [2.45, 2.75) is 43.9 Å². The van der Waals surface area contributed by atoms with Gasteiger partial charge in [0.15, 0.2) is 6.61 Å². The quantitative estimate of drug-likeness (QED) is 0.320. The molecule has 1 N–H and O–H groups in total. The van der Waals surface area contributed by atoms with Crippen LogP contribution in [0.2, 0.25) is 0 Å². The van der Waals surface area contributed by atoms with E-state index in [2.05, 4.69) is 34.5 Å². The largest absolute Gasteiger partial charge is 0.482 e. The van der Waals surface area contributed by atoms with Crippen LogP contribution >= 0.6 is 0 Å². The maximum absolute atomic E-state index is 13.0. The van der Waals surface area contributed by atoms with E-state index in [0.29, 0.717) is 19.8 Å². The first-order valence-electron chi connectivity index (χ1n) is 16.1. The van der Waals surface area contributed by atoms with Crippen molar-refractivity contribution in [3.63, 3.8) is 0 Å². The standard InChI is InChI=1S/C36H44N4O5/c1-38(36(42)28-7-4-3-5-8-28)30-16-19-39(23-30)29-12-10-27(11-13-29)31-15-17-37-22-34(31)44-24-26-9-14-33-32(21-26)40(18-6-20-43-2)35(41)25-45-33/h3-5,7-14,21,30-31,34,37H,6,15-20,22-25H2,1-2H3/t30-,31-,34+/m1/s1. The number of amides is 2. The molecule has 6 rings (SSSR count). The number of carbonyl (C=O) groups excluding carboxylic acids is 2. The minimum absolute atomic E-state index is 0.0325. The molecule has 3 aliphatic rings. The zero-order valence-corrected chi connectivity index (χ0v) is 26.3. The summed E-state index contributed by atoms with van der Waals surface area (Å²) in [4.78, 5) is 31.7. The molecule has 0 unspecified atom stereocenters. The van der Waals surface area contributed by atoms with Gasteiger partial charge in [-0.1, -0.05) is 36.4 Å². The summed E-state index contributed by atoms with van der Waals surface area (Å²) in [6.07, 6.45) is 2.75. The van der Waals surface area contributed by atoms with Crippen LogP contribution in [0.3, 0.4) is 0 Å². The Labute approximate surface area is 266 Å². The van der Waals surface area contributed by atoms with E-state index in [1.807, 2.05) is 60.5 Å². The van der Waals surface area contributed by atoms with Crippen molar-refractivity contribution >= 4 is 23.2 Å². The molecule has 9 heteroatoms. The Kier molecular flexibility index (Phi) is 9.98. The minimum atomic E-state index is -0.0335. The lowest BCUT2D eigenvalue weighted by Gasteiger charge is -2.33. The summed E-state index contributed by atoms with van der Waals surface area (Å²) in [7, 11) is 3.59. The monoisotopic (exact) mass is 612 g/mol. The molecule has 0 aliphatic carbocycles. The molecule has 3 aliphatic heterocycles. The normalized spacial score (nSPS) is 21.4. The Bertz CT molecular complexity index is 1450. The van der Waals surface area contributed by atoms with Crippen molar-refractivity contribution in [2.24, 2.45) is 0 Å². The van der Waals surface area contributed by atoms with Crippen LogP contribution < -0.4 is 19.9 Å². The number of carbonyl (C=O) groups is 2. The molecule has 2 saturated heterocycles. The molecule has 0 radical (unpaired) electrons. The van der Waals surface area contributed by atoms with E-state index >= 15 is 0 Å². The molecule has 45 heavy (non-hydrogen) atoms. The van der Waals surface area contributed by atoms with Gasteiger partial charge in [-0.05, 0) is 73.3 Å². The zero-order valence-electron chi connectivity index (χ0n) is 26.3. The van der Waals surface area contributed by atoms with Crippen molar-refractivity contribution in [2.75, 3.05) is 69.9 Å². The van der Waals surface area contributed by atoms with Crippen LogP contribution in [-0.4, -0.2) is 89.0 Å². The predicted octanol–water partition coefficient (Wildman–Crippen LogP) is 4.46. The molecule has 0 aromatic heterocycles. The van der Waals surface area contributed by atoms with Gasteiger partial charge < -0.3 is 34.2 Å². The smallest absolute Gasteiger partial charge is 0.265 e. The number of methoxy groups -OCH3 is 1. The second-order valence-corrected chi connectivity index (χ2v) is 12.2. The maximum Gasteiger partial charge on any atom is 0.265 e. The van der Waals surface area contributed by atoms with E-state index in [9.17, 15) is 9.59 Å². The lowest BCUT2D eigenvalue weighted by atomic mass is 9.87. The predicted molar refractivity (Wildman–Crippen MR) is 175 cm³/mol. The number of ether oxygens (including phenoxy) is 3. The van der Waals surface area contributed by atoms with Gasteiger partial charge in [0, 0.05) is 64.1 Å². The minimum Gasteiger partial charge on any atom is -0.482 e. The molecule has 3 atom stereocenters. The van der Waals surface area contributed by atoms with Crippen molar-refractivity contribution < 1.29 is 23.8 Å². The van der Waals surface area contributed by atoms with Gasteiger partial charge >= 0.3 is 0 Å². The third-order valence-corrected chi connectivity index (χ3v) is 9.33. The van der Waals surface area contributed by atoms with Crippen molar-refractivity contribution in [1.82, 2.24) is 10.2 Å². The number of nitrogens with zero attached hydrogens (tertiary/aromatic N) is 3. The summed E-state index contributed by atoms with van der Waals surface area (Å²) in [5.41, 5.74) is 5.03. The van der Waals surface area contributed by atoms with Gasteiger partial charge in [-0.3, -0.25) is 9.59 Å². The van der Waals surface area contributed by atoms with E-state index in [0.717, 1.165) is 68.0 Å². The fraction of sp³-hybridized carbons (Fsp3) is 0.444. The van der Waals surface area contributed by atoms with Gasteiger partial charge in [0.25, 0.3) is 11.8 Å². The van der Waals surface area contributed by atoms with Crippen molar-refractivity contribution in [3.05, 3.63) is 89.5 Å². The number of anilines is 2. The second kappa shape index (κ2) is 14.5. The number of hydrogen-bond donors (Lipinski definition) is 1. The van der Waals surface area contributed by atoms with Crippen LogP contribution in [0.1, 0.15) is 46.7 Å². The molecule has 2 fully saturated rings. The number of likely N-dealkylation sites (N-methyl/N-ethyl adjacent to an activating group) is 1. The first kappa shape index (κ1) is 31.1. The second-order valence-electron chi connectivity index (χ2n) is 12.2. The summed E-state index contributed by atoms with van der Waals surface area (Å²) < 4.78 is 17.4. The van der Waals surface area contributed by atoms with Crippen molar-refractivity contribution in [1.29, 1.82) is 0 Å². The summed E-state index contributed by atoms with van der Waals surface area (Å²) in [5, 5.41) is 3.50. The van der Waals surface area contributed by atoms with Gasteiger partial charge in [0.05, 0.1) is 24.4 Å². The van der Waals surface area contributed by atoms with Gasteiger partial charge in [0.2, 0.25) is 0 Å². The highest BCUT2D eigenvalue weighted by Gasteiger charge is 2.31. The Hall–Kier alpha value is -3.92. The molecule has 9 nitrogen and oxygen atoms in total. The van der Waals surface area contributed by atoms with Gasteiger partial charge in [-0.15, -0.1) is 0 Å². The van der Waals surface area contributed by atoms with Crippen molar-refractivity contribution in [3.8, 4) is 5.75 Å². The fourth-order valence-electron chi connectivity index (χ4n) is 6.71. The fourth-order valence-corrected chi connectivity index (χ4v) is 6.71. The zero-order chi connectivity index (χ0) is 31.2. The highest BCUT2D eigenvalue weighted by molar-refractivity contribution is 5.98. The average Bonchev–Trinajstić information content (AvgIpc) is 3.59. The third kappa shape index (κ3) is 7.16.